The summed E-state index contributed by atoms with van der Waals surface area (Å²) in [7, 11) is -7.46. The average Bonchev–Trinajstić information content (AvgIpc) is 2.83. The molecule has 0 saturated carbocycles. The van der Waals surface area contributed by atoms with Crippen LogP contribution in [-0.2, 0) is 24.6 Å². The predicted molar refractivity (Wildman–Crippen MR) is 121 cm³/mol. The molecule has 0 aliphatic carbocycles. The normalized spacial score (nSPS) is 22.1. The lowest BCUT2D eigenvalue weighted by atomic mass is 9.87. The van der Waals surface area contributed by atoms with Crippen LogP contribution in [0.3, 0.4) is 0 Å². The van der Waals surface area contributed by atoms with Crippen molar-refractivity contribution in [2.75, 3.05) is 19.0 Å². The largest absolute Gasteiger partial charge is 0.490 e. The minimum atomic E-state index is -4.06. The summed E-state index contributed by atoms with van der Waals surface area (Å²) in [4.78, 5) is 3.95. The van der Waals surface area contributed by atoms with Crippen LogP contribution in [0, 0.1) is 5.92 Å². The number of benzene rings is 1. The highest BCUT2D eigenvalue weighted by Crippen LogP contribution is 2.40. The smallest absolute Gasteiger partial charge is 0.282 e. The van der Waals surface area contributed by atoms with Gasteiger partial charge in [-0.05, 0) is 43.2 Å². The van der Waals surface area contributed by atoms with Crippen molar-refractivity contribution >= 4 is 26.1 Å². The fraction of sp³-hybridized carbons (Fsp3) is 0.455. The van der Waals surface area contributed by atoms with Gasteiger partial charge in [-0.3, -0.25) is 4.98 Å². The van der Waals surface area contributed by atoms with E-state index >= 15 is 0 Å². The maximum atomic E-state index is 12.7. The molecule has 2 aliphatic rings. The number of aliphatic hydroxyl groups is 1. The number of sulfone groups is 1. The quantitative estimate of drug-likeness (QED) is 0.605. The molecule has 2 unspecified atom stereocenters. The number of nitrogens with zero attached hydrogens (tertiary/aromatic N) is 2. The van der Waals surface area contributed by atoms with Crippen LogP contribution < -0.4 is 4.74 Å². The van der Waals surface area contributed by atoms with E-state index in [1.807, 2.05) is 0 Å². The maximum absolute atomic E-state index is 12.7. The Morgan fingerprint density at radius 1 is 1.12 bits per heavy atom. The van der Waals surface area contributed by atoms with E-state index in [2.05, 4.69) is 9.38 Å². The molecule has 178 valence electrons. The summed E-state index contributed by atoms with van der Waals surface area (Å²) in [6.45, 7) is 2.88. The van der Waals surface area contributed by atoms with Crippen LogP contribution in [0.25, 0.3) is 0 Å². The highest BCUT2D eigenvalue weighted by atomic mass is 32.2. The van der Waals surface area contributed by atoms with Crippen LogP contribution >= 0.6 is 0 Å². The molecular weight excluding hydrogens is 468 g/mol. The molecule has 1 aromatic carbocycles. The topological polar surface area (TPSA) is 132 Å². The number of hydrogen-bond donors (Lipinski definition) is 1. The van der Waals surface area contributed by atoms with Crippen LogP contribution in [0.4, 0.5) is 0 Å². The molecule has 0 spiro atoms. The lowest BCUT2D eigenvalue weighted by Crippen LogP contribution is -2.36. The van der Waals surface area contributed by atoms with Gasteiger partial charge in [0.1, 0.15) is 11.9 Å². The fourth-order valence-electron chi connectivity index (χ4n) is 3.99. The van der Waals surface area contributed by atoms with Gasteiger partial charge in [-0.2, -0.15) is 12.8 Å². The van der Waals surface area contributed by atoms with Crippen molar-refractivity contribution in [2.24, 2.45) is 10.3 Å². The summed E-state index contributed by atoms with van der Waals surface area (Å²) in [6, 6.07) is 7.09. The van der Waals surface area contributed by atoms with Crippen molar-refractivity contribution in [3.63, 3.8) is 0 Å². The van der Waals surface area contributed by atoms with Crippen LogP contribution in [-0.4, -0.2) is 58.2 Å². The highest BCUT2D eigenvalue weighted by molar-refractivity contribution is 7.91. The van der Waals surface area contributed by atoms with Crippen molar-refractivity contribution in [1.82, 2.24) is 4.98 Å². The van der Waals surface area contributed by atoms with E-state index < -0.39 is 26.0 Å². The van der Waals surface area contributed by atoms with E-state index in [1.54, 1.807) is 6.07 Å². The van der Waals surface area contributed by atoms with Crippen LogP contribution in [0.1, 0.15) is 43.5 Å². The van der Waals surface area contributed by atoms with Crippen molar-refractivity contribution in [3.05, 3.63) is 47.8 Å². The van der Waals surface area contributed by atoms with E-state index in [0.29, 0.717) is 36.9 Å². The number of aliphatic hydroxyl groups excluding tert-OH is 1. The lowest BCUT2D eigenvalue weighted by molar-refractivity contribution is -0.0151. The number of hydrogen-bond acceptors (Lipinski definition) is 8. The molecule has 11 heteroatoms. The molecule has 1 aromatic heterocycles. The van der Waals surface area contributed by atoms with E-state index in [0.717, 1.165) is 19.1 Å². The van der Waals surface area contributed by atoms with E-state index in [9.17, 15) is 21.9 Å². The summed E-state index contributed by atoms with van der Waals surface area (Å²) in [5.74, 6) is 0.712. The zero-order valence-corrected chi connectivity index (χ0v) is 19.8. The molecular formula is C22H26N2O7S2. The zero-order valence-electron chi connectivity index (χ0n) is 18.1. The number of fused-ring (bicyclic) bond motifs is 1. The Bertz CT molecular complexity index is 1240. The molecule has 3 heterocycles. The second kappa shape index (κ2) is 9.49. The number of pyridine rings is 1. The Morgan fingerprint density at radius 2 is 1.85 bits per heavy atom. The minimum absolute atomic E-state index is 0.0553. The highest BCUT2D eigenvalue weighted by Gasteiger charge is 2.34. The first-order chi connectivity index (χ1) is 15.7. The third-order valence-electron chi connectivity index (χ3n) is 5.99. The van der Waals surface area contributed by atoms with Gasteiger partial charge in [0, 0.05) is 37.3 Å². The van der Waals surface area contributed by atoms with Gasteiger partial charge >= 0.3 is 0 Å². The van der Waals surface area contributed by atoms with Gasteiger partial charge in [0.05, 0.1) is 33.6 Å². The van der Waals surface area contributed by atoms with Crippen molar-refractivity contribution in [3.8, 4) is 5.75 Å². The first-order valence-electron chi connectivity index (χ1n) is 10.7. The Hall–Kier alpha value is -2.34. The predicted octanol–water partition coefficient (Wildman–Crippen LogP) is 2.29. The third kappa shape index (κ3) is 5.26. The Morgan fingerprint density at radius 3 is 2.52 bits per heavy atom. The number of ether oxygens (including phenoxy) is 2. The average molecular weight is 495 g/mol. The molecule has 1 N–H and O–H groups in total. The fourth-order valence-corrected chi connectivity index (χ4v) is 5.70. The molecule has 2 atom stereocenters. The molecule has 0 radical (unpaired) electrons. The van der Waals surface area contributed by atoms with Crippen molar-refractivity contribution < 1.29 is 31.4 Å². The maximum Gasteiger partial charge on any atom is 0.282 e. The van der Waals surface area contributed by atoms with Gasteiger partial charge in [0.15, 0.2) is 9.84 Å². The number of rotatable bonds is 6. The van der Waals surface area contributed by atoms with E-state index in [1.165, 1.54) is 37.4 Å². The summed E-state index contributed by atoms with van der Waals surface area (Å²) >= 11 is 0. The molecule has 4 rings (SSSR count). The van der Waals surface area contributed by atoms with Gasteiger partial charge in [-0.25, -0.2) is 8.42 Å². The minimum Gasteiger partial charge on any atom is -0.490 e. The lowest BCUT2D eigenvalue weighted by Gasteiger charge is -2.36. The molecule has 0 amide bonds. The van der Waals surface area contributed by atoms with Crippen molar-refractivity contribution in [2.45, 2.75) is 48.2 Å². The van der Waals surface area contributed by atoms with Gasteiger partial charge in [0.2, 0.25) is 0 Å². The number of aromatic nitrogens is 1. The summed E-state index contributed by atoms with van der Waals surface area (Å²) in [6.07, 6.45) is 3.39. The summed E-state index contributed by atoms with van der Waals surface area (Å²) < 4.78 is 64.3. The molecule has 9 nitrogen and oxygen atoms in total. The van der Waals surface area contributed by atoms with Gasteiger partial charge in [-0.15, -0.1) is 0 Å². The van der Waals surface area contributed by atoms with E-state index in [4.69, 9.17) is 9.47 Å². The first kappa shape index (κ1) is 23.8. The molecule has 2 aromatic rings. The van der Waals surface area contributed by atoms with Gasteiger partial charge in [0.25, 0.3) is 10.0 Å². The van der Waals surface area contributed by atoms with Crippen LogP contribution in [0.15, 0.2) is 50.7 Å². The Balaban J connectivity index is 1.51. The van der Waals surface area contributed by atoms with Crippen LogP contribution in [0.5, 0.6) is 5.75 Å². The third-order valence-corrected chi connectivity index (χ3v) is 8.94. The zero-order chi connectivity index (χ0) is 23.6. The SMILES string of the molecule is CCS(=O)(=O)c1ccc(C=NS(=O)(=O)c2ccc3c(c2)C(O)CC(C2CCOCC2)O3)nc1. The van der Waals surface area contributed by atoms with Crippen LogP contribution in [0.2, 0.25) is 0 Å². The second-order valence-electron chi connectivity index (χ2n) is 8.09. The summed E-state index contributed by atoms with van der Waals surface area (Å²) in [5, 5.41) is 10.7. The monoisotopic (exact) mass is 494 g/mol. The van der Waals surface area contributed by atoms with E-state index in [-0.39, 0.29) is 27.3 Å². The Labute approximate surface area is 193 Å². The Kier molecular flexibility index (Phi) is 6.85. The van der Waals surface area contributed by atoms with Gasteiger partial charge in [-0.1, -0.05) is 6.92 Å². The molecule has 1 fully saturated rings. The second-order valence-corrected chi connectivity index (χ2v) is 12.0. The van der Waals surface area contributed by atoms with Crippen molar-refractivity contribution in [1.29, 1.82) is 0 Å². The standard InChI is InChI=1S/C22H26N2O7S2/c1-2-32(26,27)18-4-3-16(23-14-18)13-24-33(28,29)17-5-6-21-19(11-17)20(25)12-22(31-21)15-7-9-30-10-8-15/h3-6,11,13-15,20,22,25H,2,7-10,12H2,1H3. The molecule has 33 heavy (non-hydrogen) atoms. The molecule has 2 aliphatic heterocycles. The molecule has 1 saturated heterocycles. The van der Waals surface area contributed by atoms with Gasteiger partial charge < -0.3 is 14.6 Å². The first-order valence-corrected chi connectivity index (χ1v) is 13.8. The molecule has 0 bridgehead atoms. The summed E-state index contributed by atoms with van der Waals surface area (Å²) in [5.41, 5.74) is 0.621. The number of sulfonamides is 1.